The van der Waals surface area contributed by atoms with Crippen LogP contribution in [-0.4, -0.2) is 24.5 Å². The molecular weight excluding hydrogens is 387 g/mol. The molecule has 0 saturated carbocycles. The number of hydrogen-bond donors (Lipinski definition) is 1. The van der Waals surface area contributed by atoms with E-state index in [0.717, 1.165) is 5.56 Å². The molecule has 0 fully saturated rings. The van der Waals surface area contributed by atoms with Gasteiger partial charge in [-0.25, -0.2) is 0 Å². The average Bonchev–Trinajstić information content (AvgIpc) is 2.62. The number of anilines is 1. The van der Waals surface area contributed by atoms with Crippen LogP contribution in [0.5, 0.6) is 5.75 Å². The predicted molar refractivity (Wildman–Crippen MR) is 107 cm³/mol. The van der Waals surface area contributed by atoms with Gasteiger partial charge in [0.25, 0.3) is 5.91 Å². The third kappa shape index (κ3) is 4.37. The number of hydrogen-bond acceptors (Lipinski definition) is 3. The predicted octanol–water partition coefficient (Wildman–Crippen LogP) is 4.37. The van der Waals surface area contributed by atoms with Gasteiger partial charge in [-0.2, -0.15) is 0 Å². The molecule has 0 aliphatic carbocycles. The number of para-hydroxylation sites is 2. The molecule has 3 rings (SSSR count). The zero-order valence-electron chi connectivity index (χ0n) is 15.0. The first-order chi connectivity index (χ1) is 12.9. The number of nitrogens with one attached hydrogen (secondary N) is 1. The van der Waals surface area contributed by atoms with Crippen LogP contribution in [-0.2, 0) is 9.59 Å². The zero-order chi connectivity index (χ0) is 19.6. The van der Waals surface area contributed by atoms with Gasteiger partial charge in [0.05, 0.1) is 11.7 Å². The molecule has 0 bridgehead atoms. The third-order valence-corrected chi connectivity index (χ3v) is 5.00. The highest BCUT2D eigenvalue weighted by molar-refractivity contribution is 6.35. The van der Waals surface area contributed by atoms with Crippen molar-refractivity contribution in [2.24, 2.45) is 0 Å². The molecule has 0 aromatic heterocycles. The smallest absolute Gasteiger partial charge is 0.267 e. The standard InChI is InChI=1S/C20H20Cl2N2O3/c1-12(15-8-7-14(21)11-16(15)22)23-19(25)9-10-24-17-5-3-4-6-18(17)27-13(2)20(24)26/h3-8,11-13H,9-10H2,1-2H3,(H,23,25). The first-order valence-electron chi connectivity index (χ1n) is 8.68. The molecule has 142 valence electrons. The quantitative estimate of drug-likeness (QED) is 0.801. The maximum atomic E-state index is 12.5. The van der Waals surface area contributed by atoms with Gasteiger partial charge in [0.15, 0.2) is 6.10 Å². The van der Waals surface area contributed by atoms with E-state index in [9.17, 15) is 9.59 Å². The maximum absolute atomic E-state index is 12.5. The number of benzene rings is 2. The summed E-state index contributed by atoms with van der Waals surface area (Å²) >= 11 is 12.1. The minimum absolute atomic E-state index is 0.157. The monoisotopic (exact) mass is 406 g/mol. The molecule has 7 heteroatoms. The minimum atomic E-state index is -0.574. The van der Waals surface area contributed by atoms with Gasteiger partial charge in [-0.05, 0) is 43.7 Å². The number of ether oxygens (including phenoxy) is 1. The lowest BCUT2D eigenvalue weighted by atomic mass is 10.1. The van der Waals surface area contributed by atoms with Crippen molar-refractivity contribution >= 4 is 40.7 Å². The Morgan fingerprint density at radius 1 is 1.26 bits per heavy atom. The molecule has 2 atom stereocenters. The van der Waals surface area contributed by atoms with Crippen LogP contribution in [0.1, 0.15) is 31.9 Å². The Hall–Kier alpha value is -2.24. The lowest BCUT2D eigenvalue weighted by molar-refractivity contribution is -0.125. The summed E-state index contributed by atoms with van der Waals surface area (Å²) in [5.41, 5.74) is 1.47. The molecule has 2 aromatic carbocycles. The highest BCUT2D eigenvalue weighted by Gasteiger charge is 2.31. The van der Waals surface area contributed by atoms with E-state index in [0.29, 0.717) is 21.5 Å². The van der Waals surface area contributed by atoms with E-state index in [1.807, 2.05) is 31.2 Å². The summed E-state index contributed by atoms with van der Waals surface area (Å²) in [6, 6.07) is 12.2. The second kappa shape index (κ2) is 8.19. The molecule has 2 amide bonds. The van der Waals surface area contributed by atoms with Crippen LogP contribution in [0.3, 0.4) is 0 Å². The highest BCUT2D eigenvalue weighted by Crippen LogP contribution is 2.33. The van der Waals surface area contributed by atoms with Crippen molar-refractivity contribution in [3.8, 4) is 5.75 Å². The topological polar surface area (TPSA) is 58.6 Å². The summed E-state index contributed by atoms with van der Waals surface area (Å²) in [4.78, 5) is 26.5. The first-order valence-corrected chi connectivity index (χ1v) is 9.44. The maximum Gasteiger partial charge on any atom is 0.267 e. The van der Waals surface area contributed by atoms with E-state index in [1.54, 1.807) is 30.0 Å². The molecule has 5 nitrogen and oxygen atoms in total. The van der Waals surface area contributed by atoms with E-state index < -0.39 is 6.10 Å². The number of carbonyl (C=O) groups is 2. The second-order valence-corrected chi connectivity index (χ2v) is 7.27. The number of amides is 2. The summed E-state index contributed by atoms with van der Waals surface area (Å²) in [5.74, 6) is 0.319. The van der Waals surface area contributed by atoms with Crippen molar-refractivity contribution in [2.75, 3.05) is 11.4 Å². The van der Waals surface area contributed by atoms with Crippen LogP contribution in [0.15, 0.2) is 42.5 Å². The van der Waals surface area contributed by atoms with Crippen LogP contribution >= 0.6 is 23.2 Å². The third-order valence-electron chi connectivity index (χ3n) is 4.44. The molecule has 1 aliphatic rings. The van der Waals surface area contributed by atoms with E-state index in [-0.39, 0.29) is 30.8 Å². The second-order valence-electron chi connectivity index (χ2n) is 6.42. The van der Waals surface area contributed by atoms with Crippen molar-refractivity contribution in [3.05, 3.63) is 58.1 Å². The van der Waals surface area contributed by atoms with Gasteiger partial charge in [-0.3, -0.25) is 9.59 Å². The molecule has 1 aliphatic heterocycles. The lowest BCUT2D eigenvalue weighted by Gasteiger charge is -2.32. The molecular formula is C20H20Cl2N2O3. The zero-order valence-corrected chi connectivity index (χ0v) is 16.6. The summed E-state index contributed by atoms with van der Waals surface area (Å²) in [6.07, 6.45) is -0.405. The van der Waals surface area contributed by atoms with Gasteiger partial charge in [0.1, 0.15) is 5.75 Å². The molecule has 1 heterocycles. The van der Waals surface area contributed by atoms with Gasteiger partial charge >= 0.3 is 0 Å². The van der Waals surface area contributed by atoms with Gasteiger partial charge in [0.2, 0.25) is 5.91 Å². The molecule has 27 heavy (non-hydrogen) atoms. The Labute approximate surface area is 168 Å². The Kier molecular flexibility index (Phi) is 5.92. The fourth-order valence-electron chi connectivity index (χ4n) is 3.05. The van der Waals surface area contributed by atoms with Gasteiger partial charge in [-0.15, -0.1) is 0 Å². The van der Waals surface area contributed by atoms with E-state index in [2.05, 4.69) is 5.32 Å². The van der Waals surface area contributed by atoms with Crippen LogP contribution in [0.2, 0.25) is 10.0 Å². The van der Waals surface area contributed by atoms with Gasteiger partial charge in [0, 0.05) is 23.0 Å². The number of rotatable bonds is 5. The van der Waals surface area contributed by atoms with Crippen LogP contribution < -0.4 is 15.0 Å². The fraction of sp³-hybridized carbons (Fsp3) is 0.300. The van der Waals surface area contributed by atoms with Crippen LogP contribution in [0.25, 0.3) is 0 Å². The molecule has 0 radical (unpaired) electrons. The lowest BCUT2D eigenvalue weighted by Crippen LogP contribution is -2.45. The molecule has 2 aromatic rings. The van der Waals surface area contributed by atoms with Crippen molar-refractivity contribution < 1.29 is 14.3 Å². The van der Waals surface area contributed by atoms with Crippen molar-refractivity contribution in [2.45, 2.75) is 32.4 Å². The minimum Gasteiger partial charge on any atom is -0.479 e. The number of nitrogens with zero attached hydrogens (tertiary/aromatic N) is 1. The summed E-state index contributed by atoms with van der Waals surface area (Å²) in [5, 5.41) is 3.95. The summed E-state index contributed by atoms with van der Waals surface area (Å²) < 4.78 is 5.61. The molecule has 0 spiro atoms. The molecule has 0 saturated heterocycles. The van der Waals surface area contributed by atoms with Crippen molar-refractivity contribution in [1.82, 2.24) is 5.32 Å². The number of halogens is 2. The Bertz CT molecular complexity index is 872. The Balaban J connectivity index is 1.64. The van der Waals surface area contributed by atoms with Gasteiger partial charge < -0.3 is 15.0 Å². The van der Waals surface area contributed by atoms with E-state index in [1.165, 1.54) is 0 Å². The average molecular weight is 407 g/mol. The summed E-state index contributed by atoms with van der Waals surface area (Å²) in [7, 11) is 0. The highest BCUT2D eigenvalue weighted by atomic mass is 35.5. The Morgan fingerprint density at radius 2 is 2.00 bits per heavy atom. The molecule has 1 N–H and O–H groups in total. The van der Waals surface area contributed by atoms with Crippen molar-refractivity contribution in [1.29, 1.82) is 0 Å². The van der Waals surface area contributed by atoms with Crippen LogP contribution in [0.4, 0.5) is 5.69 Å². The van der Waals surface area contributed by atoms with Crippen molar-refractivity contribution in [3.63, 3.8) is 0 Å². The van der Waals surface area contributed by atoms with E-state index in [4.69, 9.17) is 27.9 Å². The van der Waals surface area contributed by atoms with Crippen LogP contribution in [0, 0.1) is 0 Å². The van der Waals surface area contributed by atoms with E-state index >= 15 is 0 Å². The summed E-state index contributed by atoms with van der Waals surface area (Å²) in [6.45, 7) is 3.83. The largest absolute Gasteiger partial charge is 0.479 e. The molecule has 2 unspecified atom stereocenters. The normalized spacial score (nSPS) is 17.1. The number of carbonyl (C=O) groups excluding carboxylic acids is 2. The first kappa shape index (κ1) is 19.5. The number of fused-ring (bicyclic) bond motifs is 1. The SMILES string of the molecule is CC1Oc2ccccc2N(CCC(=O)NC(C)c2ccc(Cl)cc2Cl)C1=O. The fourth-order valence-corrected chi connectivity index (χ4v) is 3.62. The Morgan fingerprint density at radius 3 is 2.74 bits per heavy atom. The van der Waals surface area contributed by atoms with Gasteiger partial charge in [-0.1, -0.05) is 41.4 Å².